The Labute approximate surface area is 179 Å². The Morgan fingerprint density at radius 3 is 2.39 bits per heavy atom. The van der Waals surface area contributed by atoms with Crippen LogP contribution in [-0.4, -0.2) is 18.9 Å². The molecule has 4 rings (SSSR count). The first-order valence-corrected chi connectivity index (χ1v) is 9.82. The summed E-state index contributed by atoms with van der Waals surface area (Å²) in [5.74, 6) is 0.190. The summed E-state index contributed by atoms with van der Waals surface area (Å²) in [5.41, 5.74) is 4.06. The minimum atomic E-state index is -0.333. The van der Waals surface area contributed by atoms with Gasteiger partial charge in [0.05, 0.1) is 12.7 Å². The molecule has 0 atom stereocenters. The second kappa shape index (κ2) is 8.36. The Morgan fingerprint density at radius 2 is 1.65 bits per heavy atom. The van der Waals surface area contributed by atoms with Crippen LogP contribution in [0.5, 0.6) is 5.75 Å². The Bertz CT molecular complexity index is 1260. The van der Waals surface area contributed by atoms with E-state index in [1.807, 2.05) is 50.2 Å². The number of anilines is 2. The molecule has 0 aliphatic carbocycles. The highest BCUT2D eigenvalue weighted by Crippen LogP contribution is 2.26. The summed E-state index contributed by atoms with van der Waals surface area (Å²) in [6.45, 7) is 3.75. The van der Waals surface area contributed by atoms with Gasteiger partial charge in [0, 0.05) is 16.8 Å². The molecule has 0 spiro atoms. The SMILES string of the molecule is COc1c(C)cccc1C(=O)Nc1ccc(NC(=O)c2cc3ccccc3o2)c(C)c1. The van der Waals surface area contributed by atoms with Crippen molar-refractivity contribution >= 4 is 34.2 Å². The van der Waals surface area contributed by atoms with Gasteiger partial charge in [0.15, 0.2) is 5.76 Å². The smallest absolute Gasteiger partial charge is 0.291 e. The van der Waals surface area contributed by atoms with E-state index >= 15 is 0 Å². The van der Waals surface area contributed by atoms with Gasteiger partial charge in [-0.15, -0.1) is 0 Å². The highest BCUT2D eigenvalue weighted by Gasteiger charge is 2.16. The number of carbonyl (C=O) groups excluding carboxylic acids is 2. The van der Waals surface area contributed by atoms with Gasteiger partial charge >= 0.3 is 0 Å². The molecule has 6 nitrogen and oxygen atoms in total. The number of hydrogen-bond acceptors (Lipinski definition) is 4. The lowest BCUT2D eigenvalue weighted by molar-refractivity contribution is 0.0996. The fourth-order valence-electron chi connectivity index (χ4n) is 3.46. The minimum absolute atomic E-state index is 0.240. The number of para-hydroxylation sites is 2. The fraction of sp³-hybridized carbons (Fsp3) is 0.120. The topological polar surface area (TPSA) is 80.6 Å². The Kier molecular flexibility index (Phi) is 5.45. The van der Waals surface area contributed by atoms with Crippen LogP contribution in [0.4, 0.5) is 11.4 Å². The van der Waals surface area contributed by atoms with E-state index in [0.717, 1.165) is 16.5 Å². The van der Waals surface area contributed by atoms with Crippen molar-refractivity contribution in [3.8, 4) is 5.75 Å². The van der Waals surface area contributed by atoms with Gasteiger partial charge in [-0.05, 0) is 61.4 Å². The first-order chi connectivity index (χ1) is 15.0. The Morgan fingerprint density at radius 1 is 0.839 bits per heavy atom. The molecule has 0 saturated carbocycles. The molecule has 6 heteroatoms. The van der Waals surface area contributed by atoms with Crippen LogP contribution in [0.25, 0.3) is 11.0 Å². The number of amides is 2. The Balaban J connectivity index is 1.50. The van der Waals surface area contributed by atoms with Gasteiger partial charge in [0.1, 0.15) is 11.3 Å². The largest absolute Gasteiger partial charge is 0.496 e. The lowest BCUT2D eigenvalue weighted by Crippen LogP contribution is -2.15. The summed E-state index contributed by atoms with van der Waals surface area (Å²) in [4.78, 5) is 25.3. The first-order valence-electron chi connectivity index (χ1n) is 9.82. The number of hydrogen-bond donors (Lipinski definition) is 2. The van der Waals surface area contributed by atoms with Crippen molar-refractivity contribution in [3.05, 3.63) is 89.2 Å². The number of fused-ring (bicyclic) bond motifs is 1. The number of ether oxygens (including phenoxy) is 1. The average molecular weight is 414 g/mol. The molecule has 0 fully saturated rings. The van der Waals surface area contributed by atoms with Gasteiger partial charge in [-0.25, -0.2) is 0 Å². The quantitative estimate of drug-likeness (QED) is 0.448. The van der Waals surface area contributed by atoms with E-state index in [-0.39, 0.29) is 17.6 Å². The van der Waals surface area contributed by atoms with Crippen LogP contribution in [0.3, 0.4) is 0 Å². The van der Waals surface area contributed by atoms with Crippen LogP contribution in [0.1, 0.15) is 32.0 Å². The van der Waals surface area contributed by atoms with Crippen molar-refractivity contribution in [1.82, 2.24) is 0 Å². The second-order valence-electron chi connectivity index (χ2n) is 7.24. The van der Waals surface area contributed by atoms with Crippen LogP contribution in [0, 0.1) is 13.8 Å². The van der Waals surface area contributed by atoms with Crippen molar-refractivity contribution in [2.75, 3.05) is 17.7 Å². The third-order valence-electron chi connectivity index (χ3n) is 5.04. The maximum absolute atomic E-state index is 12.7. The maximum atomic E-state index is 12.7. The number of furan rings is 1. The predicted molar refractivity (Wildman–Crippen MR) is 121 cm³/mol. The molecular formula is C25H22N2O4. The molecule has 156 valence electrons. The van der Waals surface area contributed by atoms with Gasteiger partial charge in [-0.2, -0.15) is 0 Å². The number of benzene rings is 3. The van der Waals surface area contributed by atoms with Gasteiger partial charge in [-0.1, -0.05) is 30.3 Å². The van der Waals surface area contributed by atoms with Crippen LogP contribution in [0.15, 0.2) is 71.1 Å². The van der Waals surface area contributed by atoms with E-state index in [1.165, 1.54) is 0 Å². The molecule has 0 saturated heterocycles. The third-order valence-corrected chi connectivity index (χ3v) is 5.04. The van der Waals surface area contributed by atoms with E-state index in [0.29, 0.717) is 28.3 Å². The number of methoxy groups -OCH3 is 1. The van der Waals surface area contributed by atoms with Crippen molar-refractivity contribution in [2.45, 2.75) is 13.8 Å². The summed E-state index contributed by atoms with van der Waals surface area (Å²) in [5, 5.41) is 6.61. The zero-order chi connectivity index (χ0) is 22.0. The molecule has 31 heavy (non-hydrogen) atoms. The van der Waals surface area contributed by atoms with Crippen molar-refractivity contribution < 1.29 is 18.7 Å². The van der Waals surface area contributed by atoms with Gasteiger partial charge in [0.25, 0.3) is 11.8 Å². The third kappa shape index (κ3) is 4.14. The summed E-state index contributed by atoms with van der Waals surface area (Å²) in [6.07, 6.45) is 0. The number of nitrogens with one attached hydrogen (secondary N) is 2. The summed E-state index contributed by atoms with van der Waals surface area (Å²) in [7, 11) is 1.54. The van der Waals surface area contributed by atoms with E-state index in [2.05, 4.69) is 10.6 Å². The maximum Gasteiger partial charge on any atom is 0.291 e. The van der Waals surface area contributed by atoms with E-state index in [4.69, 9.17) is 9.15 Å². The standard InChI is InChI=1S/C25H22N2O4/c1-15-7-6-9-19(23(15)30-3)24(28)26-18-11-12-20(16(2)13-18)27-25(29)22-14-17-8-4-5-10-21(17)31-22/h4-14H,1-3H3,(H,26,28)(H,27,29). The molecule has 0 aliphatic heterocycles. The monoisotopic (exact) mass is 414 g/mol. The summed E-state index contributed by atoms with van der Waals surface area (Å²) < 4.78 is 11.0. The first kappa shape index (κ1) is 20.2. The molecule has 0 unspecified atom stereocenters. The Hall–Kier alpha value is -4.06. The zero-order valence-corrected chi connectivity index (χ0v) is 17.5. The zero-order valence-electron chi connectivity index (χ0n) is 17.5. The van der Waals surface area contributed by atoms with Gasteiger partial charge in [0.2, 0.25) is 0 Å². The second-order valence-corrected chi connectivity index (χ2v) is 7.24. The highest BCUT2D eigenvalue weighted by atomic mass is 16.5. The molecule has 3 aromatic carbocycles. The van der Waals surface area contributed by atoms with Gasteiger partial charge in [-0.3, -0.25) is 9.59 Å². The van der Waals surface area contributed by atoms with Crippen molar-refractivity contribution in [1.29, 1.82) is 0 Å². The fourth-order valence-corrected chi connectivity index (χ4v) is 3.46. The lowest BCUT2D eigenvalue weighted by Gasteiger charge is -2.13. The van der Waals surface area contributed by atoms with Crippen molar-refractivity contribution in [3.63, 3.8) is 0 Å². The summed E-state index contributed by atoms with van der Waals surface area (Å²) in [6, 6.07) is 19.9. The molecule has 2 amide bonds. The van der Waals surface area contributed by atoms with Crippen LogP contribution >= 0.6 is 0 Å². The number of aryl methyl sites for hydroxylation is 2. The molecular weight excluding hydrogens is 392 g/mol. The molecule has 0 bridgehead atoms. The summed E-state index contributed by atoms with van der Waals surface area (Å²) >= 11 is 0. The predicted octanol–water partition coefficient (Wildman–Crippen LogP) is 5.56. The van der Waals surface area contributed by atoms with Crippen LogP contribution < -0.4 is 15.4 Å². The lowest BCUT2D eigenvalue weighted by atomic mass is 10.1. The normalized spacial score (nSPS) is 10.7. The molecule has 4 aromatic rings. The molecule has 2 N–H and O–H groups in total. The molecule has 1 aromatic heterocycles. The van der Waals surface area contributed by atoms with Crippen molar-refractivity contribution in [2.24, 2.45) is 0 Å². The molecule has 0 aliphatic rings. The average Bonchev–Trinajstić information content (AvgIpc) is 3.20. The molecule has 1 heterocycles. The van der Waals surface area contributed by atoms with E-state index in [9.17, 15) is 9.59 Å². The van der Waals surface area contributed by atoms with Gasteiger partial charge < -0.3 is 19.8 Å². The molecule has 0 radical (unpaired) electrons. The van der Waals surface area contributed by atoms with E-state index < -0.39 is 0 Å². The van der Waals surface area contributed by atoms with Crippen LogP contribution in [0.2, 0.25) is 0 Å². The minimum Gasteiger partial charge on any atom is -0.496 e. The number of carbonyl (C=O) groups is 2. The van der Waals surface area contributed by atoms with Crippen LogP contribution in [-0.2, 0) is 0 Å². The number of rotatable bonds is 5. The van der Waals surface area contributed by atoms with E-state index in [1.54, 1.807) is 37.4 Å². The highest BCUT2D eigenvalue weighted by molar-refractivity contribution is 6.07.